The third kappa shape index (κ3) is 38.7. The van der Waals surface area contributed by atoms with Crippen molar-refractivity contribution in [3.8, 4) is 0 Å². The van der Waals surface area contributed by atoms with Crippen LogP contribution in [0.1, 0.15) is 69.2 Å². The van der Waals surface area contributed by atoms with Crippen LogP contribution in [0.4, 0.5) is 0 Å². The Balaban J connectivity index is -0.000000112. The molecule has 0 aliphatic rings. The summed E-state index contributed by atoms with van der Waals surface area (Å²) in [7, 11) is 20.3. The average Bonchev–Trinajstić information content (AvgIpc) is 2.59. The number of rotatable bonds is 6. The third-order valence-corrected chi connectivity index (χ3v) is 4.51. The number of hydrogen-bond donors (Lipinski definition) is 0. The van der Waals surface area contributed by atoms with Crippen molar-refractivity contribution in [2.24, 2.45) is 0 Å². The first-order valence-electron chi connectivity index (χ1n) is 12.0. The molecular formula is C27H67N5O2. The average molecular weight is 494 g/mol. The summed E-state index contributed by atoms with van der Waals surface area (Å²) >= 11 is 0. The first-order valence-corrected chi connectivity index (χ1v) is 12.0. The second-order valence-electron chi connectivity index (χ2n) is 11.4. The van der Waals surface area contributed by atoms with Crippen LogP contribution in [0.3, 0.4) is 0 Å². The van der Waals surface area contributed by atoms with E-state index in [0.717, 1.165) is 0 Å². The number of nitrogens with zero attached hydrogens (tertiary/aromatic N) is 5. The van der Waals surface area contributed by atoms with E-state index in [1.54, 1.807) is 0 Å². The second kappa shape index (κ2) is 21.7. The van der Waals surface area contributed by atoms with Crippen LogP contribution >= 0.6 is 0 Å². The van der Waals surface area contributed by atoms with E-state index in [4.69, 9.17) is 9.47 Å². The molecule has 0 bridgehead atoms. The first-order chi connectivity index (χ1) is 14.5. The smallest absolute Gasteiger partial charge is 0.136 e. The lowest BCUT2D eigenvalue weighted by molar-refractivity contribution is -0.459. The van der Waals surface area contributed by atoms with Crippen molar-refractivity contribution in [2.45, 2.75) is 99.1 Å². The van der Waals surface area contributed by atoms with Gasteiger partial charge in [-0.25, -0.2) is 4.58 Å². The fourth-order valence-electron chi connectivity index (χ4n) is 1.70. The summed E-state index contributed by atoms with van der Waals surface area (Å²) < 4.78 is 13.2. The zero-order valence-electron chi connectivity index (χ0n) is 27.4. The van der Waals surface area contributed by atoms with Gasteiger partial charge in [-0.3, -0.25) is 19.6 Å². The third-order valence-electron chi connectivity index (χ3n) is 4.51. The van der Waals surface area contributed by atoms with Gasteiger partial charge in [-0.2, -0.15) is 0 Å². The molecule has 34 heavy (non-hydrogen) atoms. The lowest BCUT2D eigenvalue weighted by Crippen LogP contribution is -2.37. The van der Waals surface area contributed by atoms with Gasteiger partial charge in [0.25, 0.3) is 0 Å². The molecule has 0 rings (SSSR count). The van der Waals surface area contributed by atoms with Gasteiger partial charge in [0.1, 0.15) is 32.8 Å². The zero-order valence-corrected chi connectivity index (χ0v) is 27.4. The quantitative estimate of drug-likeness (QED) is 0.231. The molecule has 0 aliphatic heterocycles. The molecule has 0 fully saturated rings. The van der Waals surface area contributed by atoms with Crippen LogP contribution in [0.2, 0.25) is 0 Å². The standard InChI is InChI=1S/2C8H19NO.C6H16N2.C4H10N.CH3/c2*1-7(9(5)6)10-8(2,3)4;1-6(7(2)3)8(4)5;1-4-5(2)3;/h2*7H,1-6H3;6H,1-5H3;4H,1-3H3;1H3/q;;;+1;-1. The summed E-state index contributed by atoms with van der Waals surface area (Å²) in [6.45, 7) is 20.6. The Kier molecular flexibility index (Phi) is 27.8. The van der Waals surface area contributed by atoms with E-state index in [-0.39, 0.29) is 31.1 Å². The van der Waals surface area contributed by atoms with Crippen molar-refractivity contribution < 1.29 is 14.0 Å². The van der Waals surface area contributed by atoms with Crippen LogP contribution in [0.5, 0.6) is 0 Å². The molecule has 0 amide bonds. The summed E-state index contributed by atoms with van der Waals surface area (Å²) in [6.07, 6.45) is 2.93. The van der Waals surface area contributed by atoms with E-state index in [2.05, 4.69) is 86.5 Å². The highest BCUT2D eigenvalue weighted by Gasteiger charge is 2.16. The van der Waals surface area contributed by atoms with Gasteiger partial charge in [0.05, 0.1) is 17.4 Å². The van der Waals surface area contributed by atoms with E-state index >= 15 is 0 Å². The molecule has 0 N–H and O–H groups in total. The highest BCUT2D eigenvalue weighted by atomic mass is 16.5. The maximum Gasteiger partial charge on any atom is 0.136 e. The van der Waals surface area contributed by atoms with Crippen LogP contribution in [0, 0.1) is 7.43 Å². The van der Waals surface area contributed by atoms with E-state index in [1.165, 1.54) is 0 Å². The fourth-order valence-corrected chi connectivity index (χ4v) is 1.70. The van der Waals surface area contributed by atoms with Crippen molar-refractivity contribution in [1.29, 1.82) is 0 Å². The van der Waals surface area contributed by atoms with Crippen molar-refractivity contribution in [3.05, 3.63) is 7.43 Å². The van der Waals surface area contributed by atoms with E-state index in [9.17, 15) is 0 Å². The molecule has 0 heterocycles. The number of hydrogen-bond acceptors (Lipinski definition) is 6. The van der Waals surface area contributed by atoms with Crippen molar-refractivity contribution >= 4 is 6.21 Å². The molecule has 0 aromatic rings. The van der Waals surface area contributed by atoms with Gasteiger partial charge in [-0.1, -0.05) is 0 Å². The van der Waals surface area contributed by atoms with E-state index < -0.39 is 0 Å². The summed E-state index contributed by atoms with van der Waals surface area (Å²) in [5.41, 5.74) is -0.0760. The minimum absolute atomic E-state index is 0. The summed E-state index contributed by atoms with van der Waals surface area (Å²) in [4.78, 5) is 8.43. The molecule has 2 unspecified atom stereocenters. The Morgan fingerprint density at radius 2 is 0.794 bits per heavy atom. The van der Waals surface area contributed by atoms with Crippen LogP contribution < -0.4 is 0 Å². The molecular weight excluding hydrogens is 426 g/mol. The fraction of sp³-hybridized carbons (Fsp3) is 0.926. The maximum atomic E-state index is 5.62. The molecule has 0 spiro atoms. The van der Waals surface area contributed by atoms with E-state index in [1.807, 2.05) is 83.6 Å². The lowest BCUT2D eigenvalue weighted by Gasteiger charge is -2.29. The SMILES string of the molecule is CC(N(C)C)N(C)C.CC(OC(C)(C)C)N(C)C.CC(OC(C)(C)C)N(C)C.CC=[N+](C)C.[CH3-]. The Morgan fingerprint density at radius 1 is 0.588 bits per heavy atom. The van der Waals surface area contributed by atoms with E-state index in [0.29, 0.717) is 6.17 Å². The molecule has 0 aromatic carbocycles. The monoisotopic (exact) mass is 494 g/mol. The highest BCUT2D eigenvalue weighted by molar-refractivity contribution is 5.46. The van der Waals surface area contributed by atoms with Gasteiger partial charge in [0, 0.05) is 6.92 Å². The van der Waals surface area contributed by atoms with Crippen molar-refractivity contribution in [2.75, 3.05) is 70.5 Å². The van der Waals surface area contributed by atoms with Crippen LogP contribution in [0.15, 0.2) is 0 Å². The predicted molar refractivity (Wildman–Crippen MR) is 155 cm³/mol. The maximum absolute atomic E-state index is 5.62. The molecule has 0 aliphatic carbocycles. The van der Waals surface area contributed by atoms with Gasteiger partial charge in [-0.05, 0) is 119 Å². The number of ether oxygens (including phenoxy) is 2. The Bertz CT molecular complexity index is 427. The summed E-state index contributed by atoms with van der Waals surface area (Å²) in [5, 5.41) is 0. The Morgan fingerprint density at radius 3 is 0.824 bits per heavy atom. The first kappa shape index (κ1) is 43.5. The van der Waals surface area contributed by atoms with Gasteiger partial charge < -0.3 is 16.9 Å². The second-order valence-corrected chi connectivity index (χ2v) is 11.4. The molecule has 0 saturated carbocycles. The predicted octanol–water partition coefficient (Wildman–Crippen LogP) is 4.67. The van der Waals surface area contributed by atoms with Gasteiger partial charge in [0.2, 0.25) is 0 Å². The van der Waals surface area contributed by atoms with Crippen LogP contribution in [-0.2, 0) is 9.47 Å². The molecule has 7 nitrogen and oxygen atoms in total. The molecule has 0 saturated heterocycles. The van der Waals surface area contributed by atoms with Crippen LogP contribution in [-0.4, -0.2) is 131 Å². The minimum Gasteiger partial charge on any atom is -0.358 e. The molecule has 7 heteroatoms. The van der Waals surface area contributed by atoms with Crippen molar-refractivity contribution in [3.63, 3.8) is 0 Å². The lowest BCUT2D eigenvalue weighted by atomic mass is 10.2. The normalized spacial score (nSPS) is 13.2. The van der Waals surface area contributed by atoms with Gasteiger partial charge in [0.15, 0.2) is 0 Å². The molecule has 0 radical (unpaired) electrons. The zero-order chi connectivity index (χ0) is 27.7. The van der Waals surface area contributed by atoms with Gasteiger partial charge >= 0.3 is 0 Å². The minimum atomic E-state index is -0.0380. The highest BCUT2D eigenvalue weighted by Crippen LogP contribution is 2.11. The molecule has 212 valence electrons. The topological polar surface area (TPSA) is 34.4 Å². The Hall–Kier alpha value is -0.570. The Labute approximate surface area is 217 Å². The van der Waals surface area contributed by atoms with Gasteiger partial charge in [-0.15, -0.1) is 0 Å². The van der Waals surface area contributed by atoms with Crippen molar-refractivity contribution in [1.82, 2.24) is 19.6 Å². The largest absolute Gasteiger partial charge is 0.358 e. The van der Waals surface area contributed by atoms with Crippen LogP contribution in [0.25, 0.3) is 0 Å². The summed E-state index contributed by atoms with van der Waals surface area (Å²) in [6, 6.07) is 0. The molecule has 2 atom stereocenters. The summed E-state index contributed by atoms with van der Waals surface area (Å²) in [5.74, 6) is 0. The molecule has 0 aromatic heterocycles.